The Labute approximate surface area is 197 Å². The number of aliphatic hydroxyl groups is 3. The summed E-state index contributed by atoms with van der Waals surface area (Å²) < 4.78 is 0. The molecule has 1 unspecified atom stereocenters. The van der Waals surface area contributed by atoms with E-state index in [9.17, 15) is 34.8 Å². The van der Waals surface area contributed by atoms with Crippen molar-refractivity contribution in [1.29, 1.82) is 0 Å². The molecular formula is C24H33N3O7. The minimum absolute atomic E-state index is 0.00201. The number of carbonyl (C=O) groups is 3. The number of Topliss-reactive ketones (excluding diaryl/α,β-unsaturated/α-hetero) is 2. The third-order valence-corrected chi connectivity index (χ3v) is 7.28. The van der Waals surface area contributed by atoms with Crippen molar-refractivity contribution in [3.8, 4) is 5.75 Å². The van der Waals surface area contributed by atoms with Crippen LogP contribution in [0.25, 0.3) is 0 Å². The number of ketones is 2. The lowest BCUT2D eigenvalue weighted by molar-refractivity contribution is -0.151. The summed E-state index contributed by atoms with van der Waals surface area (Å²) in [5, 5.41) is 43.7. The van der Waals surface area contributed by atoms with Gasteiger partial charge in [0.05, 0.1) is 18.6 Å². The van der Waals surface area contributed by atoms with Gasteiger partial charge in [-0.3, -0.25) is 14.4 Å². The van der Waals surface area contributed by atoms with E-state index < -0.39 is 59.7 Å². The number of benzene rings is 1. The van der Waals surface area contributed by atoms with Gasteiger partial charge in [-0.15, -0.1) is 0 Å². The topological polar surface area (TPSA) is 187 Å². The van der Waals surface area contributed by atoms with Gasteiger partial charge in [-0.05, 0) is 50.4 Å². The van der Waals surface area contributed by atoms with Crippen molar-refractivity contribution in [3.63, 3.8) is 0 Å². The summed E-state index contributed by atoms with van der Waals surface area (Å²) in [7, 11) is 3.30. The molecule has 34 heavy (non-hydrogen) atoms. The molecule has 8 N–H and O–H groups in total. The molecular weight excluding hydrogens is 442 g/mol. The first-order valence-electron chi connectivity index (χ1n) is 11.3. The first kappa shape index (κ1) is 25.8. The van der Waals surface area contributed by atoms with Crippen molar-refractivity contribution in [2.24, 2.45) is 23.3 Å². The van der Waals surface area contributed by atoms with Gasteiger partial charge in [0.15, 0.2) is 17.2 Å². The molecule has 1 aromatic carbocycles. The summed E-state index contributed by atoms with van der Waals surface area (Å²) >= 11 is 0. The summed E-state index contributed by atoms with van der Waals surface area (Å²) in [6.45, 7) is 1.47. The van der Waals surface area contributed by atoms with Gasteiger partial charge < -0.3 is 36.8 Å². The van der Waals surface area contributed by atoms with Crippen LogP contribution in [0.15, 0.2) is 17.4 Å². The van der Waals surface area contributed by atoms with Crippen molar-refractivity contribution >= 4 is 17.5 Å². The zero-order valence-corrected chi connectivity index (χ0v) is 19.7. The van der Waals surface area contributed by atoms with Crippen LogP contribution in [0.4, 0.5) is 0 Å². The fraction of sp³-hybridized carbons (Fsp3) is 0.542. The minimum Gasteiger partial charge on any atom is -0.508 e. The fourth-order valence-corrected chi connectivity index (χ4v) is 5.52. The number of aliphatic hydroxyl groups excluding tert-OH is 2. The van der Waals surface area contributed by atoms with Crippen LogP contribution in [0.1, 0.15) is 46.8 Å². The number of primary amides is 1. The van der Waals surface area contributed by atoms with Crippen molar-refractivity contribution in [1.82, 2.24) is 4.90 Å². The van der Waals surface area contributed by atoms with E-state index in [1.165, 1.54) is 0 Å². The predicted molar refractivity (Wildman–Crippen MR) is 123 cm³/mol. The molecule has 0 saturated carbocycles. The van der Waals surface area contributed by atoms with Crippen LogP contribution < -0.4 is 11.5 Å². The number of fused-ring (bicyclic) bond motifs is 2. The number of aryl methyl sites for hydroxylation is 1. The van der Waals surface area contributed by atoms with Gasteiger partial charge in [0, 0.05) is 29.6 Å². The smallest absolute Gasteiger partial charge is 0.225 e. The largest absolute Gasteiger partial charge is 0.508 e. The monoisotopic (exact) mass is 475 g/mol. The molecule has 0 bridgehead atoms. The quantitative estimate of drug-likeness (QED) is 0.274. The van der Waals surface area contributed by atoms with E-state index in [1.807, 2.05) is 6.92 Å². The molecule has 0 aromatic heterocycles. The van der Waals surface area contributed by atoms with Gasteiger partial charge in [0.1, 0.15) is 11.5 Å². The fourth-order valence-electron chi connectivity index (χ4n) is 5.52. The SMILES string of the molecule is CCc1cc(CN)c(O)c2c1C[C@H]1C[C@@H](C(CO)N(C)C)[C@@](O)(C(=O)CC(N)=O)C(O)=C1C2=O. The standard InChI is InChI=1S/C24H33N3O7/c1-4-11-5-13(9-25)21(31)20-14(11)6-12-7-15(16(10-28)27(2)3)24(34,17(29)8-18(26)30)23(33)19(12)22(20)32/h5,12,15-16,28,31,33-34H,4,6-10,25H2,1-3H3,(H2,26,30)/t12-,15-,16?,24+/m0/s1. The first-order chi connectivity index (χ1) is 15.9. The van der Waals surface area contributed by atoms with Gasteiger partial charge in [-0.1, -0.05) is 13.0 Å². The summed E-state index contributed by atoms with van der Waals surface area (Å²) in [5.74, 6) is -5.48. The summed E-state index contributed by atoms with van der Waals surface area (Å²) in [6, 6.07) is 1.00. The maximum atomic E-state index is 13.6. The number of likely N-dealkylation sites (N-methyl/N-ethyl adjacent to an activating group) is 1. The van der Waals surface area contributed by atoms with E-state index in [0.29, 0.717) is 17.5 Å². The number of rotatable bonds is 8. The molecule has 10 nitrogen and oxygen atoms in total. The Morgan fingerprint density at radius 3 is 2.41 bits per heavy atom. The average Bonchev–Trinajstić information content (AvgIpc) is 2.76. The predicted octanol–water partition coefficient (Wildman–Crippen LogP) is -0.302. The zero-order chi connectivity index (χ0) is 25.5. The van der Waals surface area contributed by atoms with Crippen molar-refractivity contribution < 1.29 is 34.8 Å². The van der Waals surface area contributed by atoms with E-state index >= 15 is 0 Å². The molecule has 1 amide bonds. The van der Waals surface area contributed by atoms with Gasteiger partial charge in [-0.2, -0.15) is 0 Å². The summed E-state index contributed by atoms with van der Waals surface area (Å²) in [6.07, 6.45) is 0.0950. The van der Waals surface area contributed by atoms with E-state index in [1.54, 1.807) is 25.1 Å². The van der Waals surface area contributed by atoms with Gasteiger partial charge in [0.25, 0.3) is 0 Å². The molecule has 0 aliphatic heterocycles. The van der Waals surface area contributed by atoms with Gasteiger partial charge in [-0.25, -0.2) is 0 Å². The number of aromatic hydroxyl groups is 1. The van der Waals surface area contributed by atoms with Crippen LogP contribution in [-0.2, 0) is 29.0 Å². The van der Waals surface area contributed by atoms with E-state index in [2.05, 4.69) is 0 Å². The number of allylic oxidation sites excluding steroid dienone is 1. The molecule has 1 aromatic rings. The Balaban J connectivity index is 2.28. The molecule has 4 atom stereocenters. The third-order valence-electron chi connectivity index (χ3n) is 7.28. The number of amides is 1. The van der Waals surface area contributed by atoms with Crippen LogP contribution in [0.5, 0.6) is 5.75 Å². The molecule has 3 rings (SSSR count). The summed E-state index contributed by atoms with van der Waals surface area (Å²) in [4.78, 5) is 39.8. The maximum absolute atomic E-state index is 13.6. The lowest BCUT2D eigenvalue weighted by Gasteiger charge is -2.47. The molecule has 2 aliphatic carbocycles. The molecule has 186 valence electrons. The van der Waals surface area contributed by atoms with Crippen LogP contribution in [-0.4, -0.2) is 75.1 Å². The van der Waals surface area contributed by atoms with E-state index in [-0.39, 0.29) is 36.3 Å². The Kier molecular flexibility index (Phi) is 7.18. The van der Waals surface area contributed by atoms with Crippen LogP contribution in [0.3, 0.4) is 0 Å². The lowest BCUT2D eigenvalue weighted by Crippen LogP contribution is -2.60. The Bertz CT molecular complexity index is 1070. The highest BCUT2D eigenvalue weighted by molar-refractivity contribution is 6.15. The van der Waals surface area contributed by atoms with Crippen LogP contribution in [0, 0.1) is 11.8 Å². The average molecular weight is 476 g/mol. The van der Waals surface area contributed by atoms with Crippen molar-refractivity contribution in [2.75, 3.05) is 20.7 Å². The molecule has 2 aliphatic rings. The highest BCUT2D eigenvalue weighted by Gasteiger charge is 2.58. The number of phenolic OH excluding ortho intramolecular Hbond substituents is 1. The maximum Gasteiger partial charge on any atom is 0.225 e. The molecule has 0 radical (unpaired) electrons. The van der Waals surface area contributed by atoms with Crippen LogP contribution in [0.2, 0.25) is 0 Å². The molecule has 10 heteroatoms. The third kappa shape index (κ3) is 3.90. The lowest BCUT2D eigenvalue weighted by atomic mass is 9.61. The van der Waals surface area contributed by atoms with Crippen LogP contribution >= 0.6 is 0 Å². The second-order valence-electron chi connectivity index (χ2n) is 9.34. The Hall–Kier alpha value is -2.79. The second-order valence-corrected chi connectivity index (χ2v) is 9.34. The Morgan fingerprint density at radius 1 is 1.26 bits per heavy atom. The summed E-state index contributed by atoms with van der Waals surface area (Å²) in [5.41, 5.74) is 10.0. The minimum atomic E-state index is -2.61. The number of hydrogen-bond donors (Lipinski definition) is 6. The second kappa shape index (κ2) is 9.46. The number of phenols is 1. The van der Waals surface area contributed by atoms with Crippen molar-refractivity contribution in [2.45, 2.75) is 50.8 Å². The number of carbonyl (C=O) groups excluding carboxylic acids is 3. The molecule has 0 saturated heterocycles. The van der Waals surface area contributed by atoms with Crippen molar-refractivity contribution in [3.05, 3.63) is 39.7 Å². The first-order valence-corrected chi connectivity index (χ1v) is 11.3. The van der Waals surface area contributed by atoms with Gasteiger partial charge in [0.2, 0.25) is 5.91 Å². The normalized spacial score (nSPS) is 25.2. The number of hydrogen-bond acceptors (Lipinski definition) is 9. The zero-order valence-electron chi connectivity index (χ0n) is 19.7. The van der Waals surface area contributed by atoms with Gasteiger partial charge >= 0.3 is 0 Å². The molecule has 0 spiro atoms. The number of nitrogens with zero attached hydrogens (tertiary/aromatic N) is 1. The van der Waals surface area contributed by atoms with E-state index in [0.717, 1.165) is 5.56 Å². The molecule has 0 fully saturated rings. The van der Waals surface area contributed by atoms with E-state index in [4.69, 9.17) is 11.5 Å². The Morgan fingerprint density at radius 2 is 1.91 bits per heavy atom. The molecule has 0 heterocycles. The highest BCUT2D eigenvalue weighted by atomic mass is 16.3. The number of nitrogens with two attached hydrogens (primary N) is 2. The highest BCUT2D eigenvalue weighted by Crippen LogP contribution is 2.50.